The van der Waals surface area contributed by atoms with Crippen LogP contribution in [0.4, 0.5) is 16.2 Å². The maximum absolute atomic E-state index is 13.1. The Morgan fingerprint density at radius 1 is 0.935 bits per heavy atom. The van der Waals surface area contributed by atoms with Crippen molar-refractivity contribution in [2.24, 2.45) is 0 Å². The Morgan fingerprint density at radius 2 is 1.58 bits per heavy atom. The molecule has 0 unspecified atom stereocenters. The maximum atomic E-state index is 13.1. The first-order valence-corrected chi connectivity index (χ1v) is 11.3. The summed E-state index contributed by atoms with van der Waals surface area (Å²) in [6.45, 7) is 4.17. The van der Waals surface area contributed by atoms with E-state index in [4.69, 9.17) is 0 Å². The van der Waals surface area contributed by atoms with E-state index in [0.717, 1.165) is 29.7 Å². The summed E-state index contributed by atoms with van der Waals surface area (Å²) >= 11 is 0. The Bertz CT molecular complexity index is 947. The first-order valence-electron chi connectivity index (χ1n) is 11.3. The van der Waals surface area contributed by atoms with Crippen LogP contribution in [0.5, 0.6) is 0 Å². The summed E-state index contributed by atoms with van der Waals surface area (Å²) in [6.07, 6.45) is 8.37. The summed E-state index contributed by atoms with van der Waals surface area (Å²) in [7, 11) is 0. The number of para-hydroxylation sites is 1. The van der Waals surface area contributed by atoms with Crippen LogP contribution in [0.1, 0.15) is 69.4 Å². The summed E-state index contributed by atoms with van der Waals surface area (Å²) in [6, 6.07) is 14.0. The van der Waals surface area contributed by atoms with E-state index in [1.54, 1.807) is 30.3 Å². The highest BCUT2D eigenvalue weighted by atomic mass is 16.3. The van der Waals surface area contributed by atoms with Gasteiger partial charge in [-0.05, 0) is 31.5 Å². The molecule has 164 valence electrons. The number of nitrogens with one attached hydrogen (secondary N) is 1. The molecule has 0 fully saturated rings. The molecule has 0 aliphatic carbocycles. The number of hydrogen-bond acceptors (Lipinski definition) is 3. The molecule has 2 aromatic rings. The number of benzene rings is 2. The van der Waals surface area contributed by atoms with E-state index in [1.807, 2.05) is 25.1 Å². The van der Waals surface area contributed by atoms with Crippen molar-refractivity contribution in [3.05, 3.63) is 65.4 Å². The molecule has 31 heavy (non-hydrogen) atoms. The molecule has 0 bridgehead atoms. The lowest BCUT2D eigenvalue weighted by Crippen LogP contribution is -2.37. The highest BCUT2D eigenvalue weighted by Crippen LogP contribution is 2.39. The fourth-order valence-electron chi connectivity index (χ4n) is 3.89. The number of rotatable bonds is 9. The van der Waals surface area contributed by atoms with E-state index in [1.165, 1.54) is 25.7 Å². The summed E-state index contributed by atoms with van der Waals surface area (Å²) < 4.78 is 0. The van der Waals surface area contributed by atoms with Crippen LogP contribution < -0.4 is 10.2 Å². The number of hydrogen-bond donors (Lipinski definition) is 2. The molecule has 0 radical (unpaired) electrons. The van der Waals surface area contributed by atoms with E-state index in [-0.39, 0.29) is 11.3 Å². The van der Waals surface area contributed by atoms with Crippen molar-refractivity contribution in [1.82, 2.24) is 0 Å². The molecule has 3 rings (SSSR count). The number of amides is 3. The Labute approximate surface area is 184 Å². The number of nitrogens with zero attached hydrogens (tertiary/aromatic N) is 1. The molecule has 5 heteroatoms. The molecular weight excluding hydrogens is 388 g/mol. The van der Waals surface area contributed by atoms with Gasteiger partial charge in [0.2, 0.25) is 0 Å². The standard InChI is InChI=1S/C26H32N2O3/c1-3-4-5-6-7-8-9-14-23(29)24-21-12-10-11-13-22(21)28(25(24)30)26(31)27-20-17-15-19(2)16-18-20/h10-13,15-18,29H,3-9,14H2,1-2H3,(H,27,31). The third-order valence-corrected chi connectivity index (χ3v) is 5.64. The zero-order chi connectivity index (χ0) is 22.2. The lowest BCUT2D eigenvalue weighted by atomic mass is 10.0. The first kappa shape index (κ1) is 22.6. The fraction of sp³-hybridized carbons (Fsp3) is 0.385. The van der Waals surface area contributed by atoms with Crippen LogP contribution in [-0.2, 0) is 4.79 Å². The number of fused-ring (bicyclic) bond motifs is 1. The predicted octanol–water partition coefficient (Wildman–Crippen LogP) is 6.98. The molecule has 0 aromatic heterocycles. The van der Waals surface area contributed by atoms with Crippen LogP contribution in [0.3, 0.4) is 0 Å². The van der Waals surface area contributed by atoms with Gasteiger partial charge in [0.15, 0.2) is 0 Å². The number of carbonyl (C=O) groups excluding carboxylic acids is 2. The van der Waals surface area contributed by atoms with E-state index >= 15 is 0 Å². The molecule has 3 amide bonds. The van der Waals surface area contributed by atoms with E-state index < -0.39 is 11.9 Å². The minimum absolute atomic E-state index is 0.0663. The Hall–Kier alpha value is -3.08. The predicted molar refractivity (Wildman–Crippen MR) is 126 cm³/mol. The minimum Gasteiger partial charge on any atom is -0.511 e. The number of allylic oxidation sites excluding steroid dienone is 1. The van der Waals surface area contributed by atoms with Crippen LogP contribution in [0.15, 0.2) is 54.3 Å². The van der Waals surface area contributed by atoms with Crippen molar-refractivity contribution in [1.29, 1.82) is 0 Å². The molecule has 0 atom stereocenters. The van der Waals surface area contributed by atoms with Crippen molar-refractivity contribution in [2.45, 2.75) is 65.2 Å². The van der Waals surface area contributed by atoms with Crippen molar-refractivity contribution in [3.63, 3.8) is 0 Å². The second-order valence-electron chi connectivity index (χ2n) is 8.15. The third-order valence-electron chi connectivity index (χ3n) is 5.64. The molecule has 1 aliphatic rings. The van der Waals surface area contributed by atoms with Crippen LogP contribution >= 0.6 is 0 Å². The van der Waals surface area contributed by atoms with Crippen molar-refractivity contribution in [3.8, 4) is 0 Å². The number of imide groups is 1. The van der Waals surface area contributed by atoms with Crippen LogP contribution in [0.2, 0.25) is 0 Å². The van der Waals surface area contributed by atoms with Gasteiger partial charge in [-0.15, -0.1) is 0 Å². The molecular formula is C26H32N2O3. The van der Waals surface area contributed by atoms with Gasteiger partial charge in [0.05, 0.1) is 11.3 Å². The lowest BCUT2D eigenvalue weighted by molar-refractivity contribution is -0.112. The molecule has 1 aliphatic heterocycles. The molecule has 0 saturated carbocycles. The number of carbonyl (C=O) groups is 2. The fourth-order valence-corrected chi connectivity index (χ4v) is 3.89. The molecule has 2 N–H and O–H groups in total. The monoisotopic (exact) mass is 420 g/mol. The van der Waals surface area contributed by atoms with Gasteiger partial charge in [0, 0.05) is 17.7 Å². The third kappa shape index (κ3) is 5.54. The summed E-state index contributed by atoms with van der Waals surface area (Å²) in [5, 5.41) is 13.5. The van der Waals surface area contributed by atoms with Crippen molar-refractivity contribution < 1.29 is 14.7 Å². The topological polar surface area (TPSA) is 69.6 Å². The molecule has 0 spiro atoms. The molecule has 0 saturated heterocycles. The SMILES string of the molecule is CCCCCCCCCC(O)=C1C(=O)N(C(=O)Nc2ccc(C)cc2)c2ccccc21. The van der Waals surface area contributed by atoms with E-state index in [0.29, 0.717) is 23.4 Å². The highest BCUT2D eigenvalue weighted by molar-refractivity contribution is 6.41. The quantitative estimate of drug-likeness (QED) is 0.261. The van der Waals surface area contributed by atoms with Gasteiger partial charge < -0.3 is 10.4 Å². The number of anilines is 2. The Kier molecular flexibility index (Phi) is 7.88. The van der Waals surface area contributed by atoms with Crippen LogP contribution in [-0.4, -0.2) is 17.0 Å². The first-order chi connectivity index (χ1) is 15.0. The molecule has 2 aromatic carbocycles. The number of aliphatic hydroxyl groups is 1. The second-order valence-corrected chi connectivity index (χ2v) is 8.15. The average molecular weight is 421 g/mol. The maximum Gasteiger partial charge on any atom is 0.333 e. The number of aliphatic hydroxyl groups excluding tert-OH is 1. The zero-order valence-electron chi connectivity index (χ0n) is 18.5. The van der Waals surface area contributed by atoms with E-state index in [2.05, 4.69) is 12.2 Å². The number of unbranched alkanes of at least 4 members (excludes halogenated alkanes) is 6. The normalized spacial score (nSPS) is 14.5. The van der Waals surface area contributed by atoms with Crippen molar-refractivity contribution >= 4 is 28.9 Å². The minimum atomic E-state index is -0.528. The lowest BCUT2D eigenvalue weighted by Gasteiger charge is -2.16. The van der Waals surface area contributed by atoms with Gasteiger partial charge >= 0.3 is 6.03 Å². The van der Waals surface area contributed by atoms with Gasteiger partial charge in [-0.25, -0.2) is 9.69 Å². The second kappa shape index (κ2) is 10.8. The number of aryl methyl sites for hydroxylation is 1. The number of urea groups is 1. The summed E-state index contributed by atoms with van der Waals surface area (Å²) in [4.78, 5) is 27.2. The molecule has 5 nitrogen and oxygen atoms in total. The highest BCUT2D eigenvalue weighted by Gasteiger charge is 2.38. The van der Waals surface area contributed by atoms with Gasteiger partial charge in [-0.1, -0.05) is 81.3 Å². The van der Waals surface area contributed by atoms with Gasteiger partial charge in [0.25, 0.3) is 5.91 Å². The van der Waals surface area contributed by atoms with Gasteiger partial charge in [-0.3, -0.25) is 4.79 Å². The van der Waals surface area contributed by atoms with Crippen molar-refractivity contribution in [2.75, 3.05) is 10.2 Å². The summed E-state index contributed by atoms with van der Waals surface area (Å²) in [5.74, 6) is -0.414. The van der Waals surface area contributed by atoms with E-state index in [9.17, 15) is 14.7 Å². The zero-order valence-corrected chi connectivity index (χ0v) is 18.5. The van der Waals surface area contributed by atoms with Gasteiger partial charge in [0.1, 0.15) is 5.76 Å². The van der Waals surface area contributed by atoms with Crippen LogP contribution in [0.25, 0.3) is 5.57 Å². The van der Waals surface area contributed by atoms with Crippen LogP contribution in [0, 0.1) is 6.92 Å². The average Bonchev–Trinajstić information content (AvgIpc) is 3.06. The Morgan fingerprint density at radius 3 is 2.29 bits per heavy atom. The Balaban J connectivity index is 1.71. The van der Waals surface area contributed by atoms with Gasteiger partial charge in [-0.2, -0.15) is 0 Å². The largest absolute Gasteiger partial charge is 0.511 e. The summed E-state index contributed by atoms with van der Waals surface area (Å²) in [5.41, 5.74) is 3.04. The smallest absolute Gasteiger partial charge is 0.333 e. The molecule has 1 heterocycles.